The number of aryl methyl sites for hydroxylation is 1. The Bertz CT molecular complexity index is 392. The Hall–Kier alpha value is -1.58. The number of hydrogen-bond donors (Lipinski definition) is 2. The van der Waals surface area contributed by atoms with Crippen molar-refractivity contribution in [1.82, 2.24) is 9.97 Å². The maximum absolute atomic E-state index is 11.4. The van der Waals surface area contributed by atoms with Crippen molar-refractivity contribution < 1.29 is 0 Å². The van der Waals surface area contributed by atoms with Gasteiger partial charge in [0.2, 0.25) is 5.95 Å². The number of nitrogens with zero attached hydrogens (tertiary/aromatic N) is 1. The molecule has 0 aliphatic rings. The van der Waals surface area contributed by atoms with Crippen LogP contribution in [0.2, 0.25) is 0 Å². The van der Waals surface area contributed by atoms with Crippen LogP contribution in [0, 0.1) is 6.92 Å². The van der Waals surface area contributed by atoms with Crippen LogP contribution in [-0.4, -0.2) is 9.97 Å². The predicted octanol–water partition coefficient (Wildman–Crippen LogP) is 0.779. The van der Waals surface area contributed by atoms with Crippen LogP contribution < -0.4 is 11.3 Å². The molecular formula is C9H13N3O. The molecule has 3 N–H and O–H groups in total. The molecule has 0 unspecified atom stereocenters. The zero-order chi connectivity index (χ0) is 10.0. The normalized spacial score (nSPS) is 10.0. The number of nitrogen functional groups attached to an aromatic ring is 1. The molecule has 4 nitrogen and oxygen atoms in total. The standard InChI is InChI=1S/C9H13N3O/c1-5(2)4-7-6(3)11-9(10)12-8(7)13/h1,4H2,2-3H3,(H3,10,11,12,13). The Balaban J connectivity index is 3.21. The molecule has 0 saturated carbocycles. The molecule has 1 aromatic rings. The maximum Gasteiger partial charge on any atom is 0.256 e. The van der Waals surface area contributed by atoms with Crippen LogP contribution in [0.15, 0.2) is 16.9 Å². The molecule has 0 radical (unpaired) electrons. The van der Waals surface area contributed by atoms with Crippen LogP contribution in [0.5, 0.6) is 0 Å². The summed E-state index contributed by atoms with van der Waals surface area (Å²) in [7, 11) is 0. The zero-order valence-corrected chi connectivity index (χ0v) is 7.85. The van der Waals surface area contributed by atoms with Gasteiger partial charge in [0.25, 0.3) is 5.56 Å². The van der Waals surface area contributed by atoms with Gasteiger partial charge in [0, 0.05) is 12.0 Å². The van der Waals surface area contributed by atoms with E-state index in [1.54, 1.807) is 6.92 Å². The summed E-state index contributed by atoms with van der Waals surface area (Å²) in [6.07, 6.45) is 0.550. The van der Waals surface area contributed by atoms with E-state index in [2.05, 4.69) is 16.5 Å². The Morgan fingerprint density at radius 3 is 2.77 bits per heavy atom. The molecule has 0 aromatic carbocycles. The number of nitrogens with two attached hydrogens (primary N) is 1. The number of anilines is 1. The summed E-state index contributed by atoms with van der Waals surface area (Å²) in [6, 6.07) is 0. The fourth-order valence-corrected chi connectivity index (χ4v) is 1.14. The van der Waals surface area contributed by atoms with E-state index in [9.17, 15) is 4.79 Å². The lowest BCUT2D eigenvalue weighted by molar-refractivity contribution is 0.982. The molecule has 0 fully saturated rings. The molecular weight excluding hydrogens is 166 g/mol. The minimum atomic E-state index is -0.173. The minimum absolute atomic E-state index is 0.160. The average Bonchev–Trinajstić information content (AvgIpc) is 1.96. The van der Waals surface area contributed by atoms with Crippen molar-refractivity contribution in [3.63, 3.8) is 0 Å². The average molecular weight is 179 g/mol. The first kappa shape index (κ1) is 9.51. The summed E-state index contributed by atoms with van der Waals surface area (Å²) in [5.74, 6) is 0.160. The third-order valence-electron chi connectivity index (χ3n) is 1.72. The highest BCUT2D eigenvalue weighted by Gasteiger charge is 2.06. The Kier molecular flexibility index (Phi) is 2.51. The van der Waals surface area contributed by atoms with E-state index in [1.807, 2.05) is 6.92 Å². The highest BCUT2D eigenvalue weighted by Crippen LogP contribution is 2.05. The van der Waals surface area contributed by atoms with E-state index in [1.165, 1.54) is 0 Å². The molecule has 0 atom stereocenters. The van der Waals surface area contributed by atoms with Crippen LogP contribution >= 0.6 is 0 Å². The van der Waals surface area contributed by atoms with Gasteiger partial charge in [-0.2, -0.15) is 0 Å². The molecule has 0 spiro atoms. The number of allylic oxidation sites excluding steroid dienone is 1. The minimum Gasteiger partial charge on any atom is -0.369 e. The summed E-state index contributed by atoms with van der Waals surface area (Å²) in [4.78, 5) is 17.8. The predicted molar refractivity (Wildman–Crippen MR) is 52.5 cm³/mol. The molecule has 70 valence electrons. The smallest absolute Gasteiger partial charge is 0.256 e. The first-order valence-corrected chi connectivity index (χ1v) is 4.00. The summed E-state index contributed by atoms with van der Waals surface area (Å²) >= 11 is 0. The molecule has 1 aromatic heterocycles. The van der Waals surface area contributed by atoms with E-state index < -0.39 is 0 Å². The second kappa shape index (κ2) is 3.43. The van der Waals surface area contributed by atoms with Gasteiger partial charge in [-0.25, -0.2) is 4.98 Å². The van der Waals surface area contributed by atoms with Crippen LogP contribution in [-0.2, 0) is 6.42 Å². The molecule has 0 saturated heterocycles. The Labute approximate surface area is 76.5 Å². The third kappa shape index (κ3) is 2.18. The lowest BCUT2D eigenvalue weighted by Gasteiger charge is -2.03. The monoisotopic (exact) mass is 179 g/mol. The van der Waals surface area contributed by atoms with Gasteiger partial charge in [-0.15, -0.1) is 0 Å². The Morgan fingerprint density at radius 1 is 1.69 bits per heavy atom. The second-order valence-corrected chi connectivity index (χ2v) is 3.15. The summed E-state index contributed by atoms with van der Waals surface area (Å²) in [6.45, 7) is 7.38. The van der Waals surface area contributed by atoms with Gasteiger partial charge in [0.15, 0.2) is 0 Å². The zero-order valence-electron chi connectivity index (χ0n) is 7.85. The van der Waals surface area contributed by atoms with Crippen molar-refractivity contribution in [2.45, 2.75) is 20.3 Å². The van der Waals surface area contributed by atoms with Gasteiger partial charge in [-0.1, -0.05) is 12.2 Å². The van der Waals surface area contributed by atoms with Gasteiger partial charge in [-0.3, -0.25) is 9.78 Å². The van der Waals surface area contributed by atoms with Crippen molar-refractivity contribution in [2.75, 3.05) is 5.73 Å². The fraction of sp³-hybridized carbons (Fsp3) is 0.333. The molecule has 1 rings (SSSR count). The molecule has 0 aliphatic carbocycles. The molecule has 4 heteroatoms. The number of aromatic amines is 1. The van der Waals surface area contributed by atoms with Gasteiger partial charge in [0.1, 0.15) is 0 Å². The summed E-state index contributed by atoms with van der Waals surface area (Å²) in [5.41, 5.74) is 7.44. The van der Waals surface area contributed by atoms with E-state index in [0.717, 1.165) is 5.57 Å². The molecule has 13 heavy (non-hydrogen) atoms. The number of nitrogens with one attached hydrogen (secondary N) is 1. The van der Waals surface area contributed by atoms with Crippen molar-refractivity contribution in [3.05, 3.63) is 33.8 Å². The van der Waals surface area contributed by atoms with E-state index in [4.69, 9.17) is 5.73 Å². The van der Waals surface area contributed by atoms with Crippen LogP contribution in [0.3, 0.4) is 0 Å². The molecule has 0 aliphatic heterocycles. The maximum atomic E-state index is 11.4. The number of hydrogen-bond acceptors (Lipinski definition) is 3. The number of aromatic nitrogens is 2. The first-order chi connectivity index (χ1) is 6.00. The van der Waals surface area contributed by atoms with Crippen LogP contribution in [0.25, 0.3) is 0 Å². The second-order valence-electron chi connectivity index (χ2n) is 3.15. The van der Waals surface area contributed by atoms with Crippen molar-refractivity contribution in [1.29, 1.82) is 0 Å². The van der Waals surface area contributed by atoms with Crippen molar-refractivity contribution in [3.8, 4) is 0 Å². The highest BCUT2D eigenvalue weighted by molar-refractivity contribution is 5.27. The van der Waals surface area contributed by atoms with Gasteiger partial charge in [-0.05, 0) is 13.8 Å². The first-order valence-electron chi connectivity index (χ1n) is 4.00. The van der Waals surface area contributed by atoms with Crippen molar-refractivity contribution in [2.24, 2.45) is 0 Å². The quantitative estimate of drug-likeness (QED) is 0.659. The van der Waals surface area contributed by atoms with Gasteiger partial charge < -0.3 is 5.73 Å². The summed E-state index contributed by atoms with van der Waals surface area (Å²) < 4.78 is 0. The van der Waals surface area contributed by atoms with Crippen LogP contribution in [0.1, 0.15) is 18.2 Å². The number of rotatable bonds is 2. The van der Waals surface area contributed by atoms with Crippen LogP contribution in [0.4, 0.5) is 5.95 Å². The fourth-order valence-electron chi connectivity index (χ4n) is 1.14. The van der Waals surface area contributed by atoms with Gasteiger partial charge in [0.05, 0.1) is 5.69 Å². The largest absolute Gasteiger partial charge is 0.369 e. The van der Waals surface area contributed by atoms with Gasteiger partial charge >= 0.3 is 0 Å². The van der Waals surface area contributed by atoms with E-state index in [-0.39, 0.29) is 11.5 Å². The lowest BCUT2D eigenvalue weighted by Crippen LogP contribution is -2.18. The van der Waals surface area contributed by atoms with E-state index >= 15 is 0 Å². The number of H-pyrrole nitrogens is 1. The van der Waals surface area contributed by atoms with E-state index in [0.29, 0.717) is 17.7 Å². The topological polar surface area (TPSA) is 71.8 Å². The summed E-state index contributed by atoms with van der Waals surface area (Å²) in [5, 5.41) is 0. The molecule has 1 heterocycles. The lowest BCUT2D eigenvalue weighted by atomic mass is 10.1. The van der Waals surface area contributed by atoms with Crippen molar-refractivity contribution >= 4 is 5.95 Å². The third-order valence-corrected chi connectivity index (χ3v) is 1.72. The Morgan fingerprint density at radius 2 is 2.31 bits per heavy atom. The molecule has 0 bridgehead atoms. The highest BCUT2D eigenvalue weighted by atomic mass is 16.1. The molecule has 0 amide bonds. The SMILES string of the molecule is C=C(C)Cc1c(C)nc(N)[nH]c1=O.